The van der Waals surface area contributed by atoms with E-state index in [1.165, 1.54) is 0 Å². The van der Waals surface area contributed by atoms with Crippen molar-refractivity contribution in [3.05, 3.63) is 33.8 Å². The Hall–Kier alpha value is -0.740. The second kappa shape index (κ2) is 5.74. The lowest BCUT2D eigenvalue weighted by Crippen LogP contribution is -2.12. The van der Waals surface area contributed by atoms with Crippen molar-refractivity contribution in [1.29, 1.82) is 0 Å². The number of hydrogen-bond acceptors (Lipinski definition) is 1. The Balaban J connectivity index is 2.63. The molecule has 0 atom stereocenters. The molecule has 0 saturated heterocycles. The summed E-state index contributed by atoms with van der Waals surface area (Å²) in [4.78, 5) is 11.3. The molecule has 0 N–H and O–H groups in total. The van der Waals surface area contributed by atoms with Crippen molar-refractivity contribution in [2.24, 2.45) is 0 Å². The first-order valence-corrected chi connectivity index (χ1v) is 5.56. The second-order valence-electron chi connectivity index (χ2n) is 3.53. The molecule has 0 spiro atoms. The molecule has 0 amide bonds. The molecule has 6 heteroatoms. The summed E-state index contributed by atoms with van der Waals surface area (Å²) in [5.74, 6) is -0.530. The fourth-order valence-electron chi connectivity index (χ4n) is 1.27. The van der Waals surface area contributed by atoms with E-state index in [0.717, 1.165) is 0 Å². The molecule has 0 radical (unpaired) electrons. The molecule has 0 aromatic heterocycles. The summed E-state index contributed by atoms with van der Waals surface area (Å²) >= 11 is 11.6. The molecule has 1 rings (SSSR count). The van der Waals surface area contributed by atoms with Gasteiger partial charge in [0.2, 0.25) is 0 Å². The number of hydrogen-bond donors (Lipinski definition) is 0. The van der Waals surface area contributed by atoms with Gasteiger partial charge in [0, 0.05) is 22.9 Å². The van der Waals surface area contributed by atoms with E-state index in [9.17, 15) is 18.0 Å². The topological polar surface area (TPSA) is 17.1 Å². The van der Waals surface area contributed by atoms with Gasteiger partial charge in [-0.25, -0.2) is 0 Å². The fourth-order valence-corrected chi connectivity index (χ4v) is 1.80. The van der Waals surface area contributed by atoms with Crippen molar-refractivity contribution >= 4 is 29.0 Å². The molecule has 0 aliphatic carbocycles. The maximum atomic E-state index is 11.9. The Morgan fingerprint density at radius 2 is 1.71 bits per heavy atom. The van der Waals surface area contributed by atoms with Gasteiger partial charge in [0.15, 0.2) is 0 Å². The van der Waals surface area contributed by atoms with Crippen LogP contribution in [0.3, 0.4) is 0 Å². The largest absolute Gasteiger partial charge is 0.389 e. The SMILES string of the molecule is O=C(CCC(F)(F)F)Cc1c(Cl)cccc1Cl. The van der Waals surface area contributed by atoms with Crippen molar-refractivity contribution in [3.8, 4) is 0 Å². The summed E-state index contributed by atoms with van der Waals surface area (Å²) in [6.07, 6.45) is -6.16. The first kappa shape index (κ1) is 14.3. The van der Waals surface area contributed by atoms with Crippen molar-refractivity contribution < 1.29 is 18.0 Å². The van der Waals surface area contributed by atoms with Gasteiger partial charge in [0.25, 0.3) is 0 Å². The Morgan fingerprint density at radius 3 is 2.18 bits per heavy atom. The molecular formula is C11H9Cl2F3O. The summed E-state index contributed by atoms with van der Waals surface area (Å²) in [5, 5.41) is 0.579. The van der Waals surface area contributed by atoms with Crippen LogP contribution in [0.4, 0.5) is 13.2 Å². The number of benzene rings is 1. The molecule has 0 aliphatic heterocycles. The van der Waals surface area contributed by atoms with E-state index >= 15 is 0 Å². The maximum absolute atomic E-state index is 11.9. The lowest BCUT2D eigenvalue weighted by atomic mass is 10.1. The molecule has 0 aliphatic rings. The van der Waals surface area contributed by atoms with Crippen LogP contribution in [0, 0.1) is 0 Å². The zero-order chi connectivity index (χ0) is 13.1. The number of Topliss-reactive ketones (excluding diaryl/α,β-unsaturated/α-hetero) is 1. The normalized spacial score (nSPS) is 11.6. The van der Waals surface area contributed by atoms with Gasteiger partial charge < -0.3 is 0 Å². The third-order valence-corrected chi connectivity index (χ3v) is 2.83. The Labute approximate surface area is 107 Å². The van der Waals surface area contributed by atoms with E-state index in [0.29, 0.717) is 5.56 Å². The second-order valence-corrected chi connectivity index (χ2v) is 4.35. The van der Waals surface area contributed by atoms with Crippen LogP contribution in [-0.2, 0) is 11.2 Å². The Kier molecular flexibility index (Phi) is 4.83. The molecule has 17 heavy (non-hydrogen) atoms. The van der Waals surface area contributed by atoms with Gasteiger partial charge in [-0.3, -0.25) is 4.79 Å². The summed E-state index contributed by atoms with van der Waals surface area (Å²) in [6, 6.07) is 4.69. The average Bonchev–Trinajstić information content (AvgIpc) is 2.20. The molecule has 0 heterocycles. The third kappa shape index (κ3) is 4.96. The van der Waals surface area contributed by atoms with Crippen LogP contribution >= 0.6 is 23.2 Å². The molecule has 0 saturated carbocycles. The first-order chi connectivity index (χ1) is 7.79. The van der Waals surface area contributed by atoms with Crippen molar-refractivity contribution in [2.45, 2.75) is 25.4 Å². The number of halogens is 5. The molecule has 1 aromatic rings. The van der Waals surface area contributed by atoms with Crippen LogP contribution in [0.2, 0.25) is 10.0 Å². The van der Waals surface area contributed by atoms with E-state index in [-0.39, 0.29) is 16.5 Å². The molecule has 1 aromatic carbocycles. The molecule has 0 unspecified atom stereocenters. The highest BCUT2D eigenvalue weighted by Gasteiger charge is 2.28. The van der Waals surface area contributed by atoms with Gasteiger partial charge in [0.05, 0.1) is 6.42 Å². The van der Waals surface area contributed by atoms with E-state index in [1.54, 1.807) is 18.2 Å². The van der Waals surface area contributed by atoms with Gasteiger partial charge in [-0.05, 0) is 17.7 Å². The summed E-state index contributed by atoms with van der Waals surface area (Å²) in [6.45, 7) is 0. The summed E-state index contributed by atoms with van der Waals surface area (Å²) in [7, 11) is 0. The van der Waals surface area contributed by atoms with Gasteiger partial charge in [-0.15, -0.1) is 0 Å². The number of ketones is 1. The monoisotopic (exact) mass is 284 g/mol. The van der Waals surface area contributed by atoms with E-state index in [2.05, 4.69) is 0 Å². The quantitative estimate of drug-likeness (QED) is 0.798. The van der Waals surface area contributed by atoms with Gasteiger partial charge >= 0.3 is 6.18 Å². The van der Waals surface area contributed by atoms with Gasteiger partial charge in [0.1, 0.15) is 5.78 Å². The molecule has 94 valence electrons. The minimum atomic E-state index is -4.32. The van der Waals surface area contributed by atoms with Gasteiger partial charge in [-0.1, -0.05) is 29.3 Å². The Bertz CT molecular complexity index is 395. The van der Waals surface area contributed by atoms with Crippen LogP contribution in [0.25, 0.3) is 0 Å². The van der Waals surface area contributed by atoms with Crippen LogP contribution in [0.1, 0.15) is 18.4 Å². The average molecular weight is 285 g/mol. The van der Waals surface area contributed by atoms with Crippen LogP contribution < -0.4 is 0 Å². The number of carbonyl (C=O) groups excluding carboxylic acids is 1. The minimum Gasteiger partial charge on any atom is -0.299 e. The lowest BCUT2D eigenvalue weighted by Gasteiger charge is -2.07. The van der Waals surface area contributed by atoms with Crippen molar-refractivity contribution in [1.82, 2.24) is 0 Å². The minimum absolute atomic E-state index is 0.172. The first-order valence-electron chi connectivity index (χ1n) is 4.81. The Morgan fingerprint density at radius 1 is 1.18 bits per heavy atom. The van der Waals surface area contributed by atoms with E-state index < -0.39 is 24.8 Å². The van der Waals surface area contributed by atoms with Crippen LogP contribution in [-0.4, -0.2) is 12.0 Å². The van der Waals surface area contributed by atoms with Crippen LogP contribution in [0.15, 0.2) is 18.2 Å². The maximum Gasteiger partial charge on any atom is 0.389 e. The van der Waals surface area contributed by atoms with Crippen LogP contribution in [0.5, 0.6) is 0 Å². The lowest BCUT2D eigenvalue weighted by molar-refractivity contribution is -0.143. The molecular weight excluding hydrogens is 276 g/mol. The predicted octanol–water partition coefficient (Wildman–Crippen LogP) is 4.45. The van der Waals surface area contributed by atoms with E-state index in [4.69, 9.17) is 23.2 Å². The fraction of sp³-hybridized carbons (Fsp3) is 0.364. The smallest absolute Gasteiger partial charge is 0.299 e. The number of alkyl halides is 3. The summed E-state index contributed by atoms with van der Waals surface area (Å²) in [5.41, 5.74) is 0.378. The number of rotatable bonds is 4. The predicted molar refractivity (Wildman–Crippen MR) is 60.5 cm³/mol. The zero-order valence-electron chi connectivity index (χ0n) is 8.65. The standard InChI is InChI=1S/C11H9Cl2F3O/c12-9-2-1-3-10(13)8(9)6-7(17)4-5-11(14,15)16/h1-3H,4-6H2. The highest BCUT2D eigenvalue weighted by molar-refractivity contribution is 6.36. The highest BCUT2D eigenvalue weighted by Crippen LogP contribution is 2.26. The van der Waals surface area contributed by atoms with Crippen molar-refractivity contribution in [3.63, 3.8) is 0 Å². The van der Waals surface area contributed by atoms with Gasteiger partial charge in [-0.2, -0.15) is 13.2 Å². The molecule has 0 bridgehead atoms. The molecule has 0 fully saturated rings. The van der Waals surface area contributed by atoms with Crippen molar-refractivity contribution in [2.75, 3.05) is 0 Å². The van der Waals surface area contributed by atoms with E-state index in [1.807, 2.05) is 0 Å². The number of carbonyl (C=O) groups is 1. The highest BCUT2D eigenvalue weighted by atomic mass is 35.5. The zero-order valence-corrected chi connectivity index (χ0v) is 10.2. The molecule has 1 nitrogen and oxygen atoms in total. The summed E-state index contributed by atoms with van der Waals surface area (Å²) < 4.78 is 35.7. The third-order valence-electron chi connectivity index (χ3n) is 2.12.